The second kappa shape index (κ2) is 9.03. The molecule has 7 nitrogen and oxygen atoms in total. The molecule has 0 fully saturated rings. The molecular formula is C26H20N4O3S2. The van der Waals surface area contributed by atoms with E-state index >= 15 is 0 Å². The van der Waals surface area contributed by atoms with Gasteiger partial charge in [-0.05, 0) is 66.7 Å². The summed E-state index contributed by atoms with van der Waals surface area (Å²) in [5.74, 6) is 0. The summed E-state index contributed by atoms with van der Waals surface area (Å²) in [6, 6.07) is 26.8. The minimum absolute atomic E-state index is 0.144. The molecule has 5 rings (SSSR count). The Bertz CT molecular complexity index is 1640. The Morgan fingerprint density at radius 2 is 1.11 bits per heavy atom. The normalized spacial score (nSPS) is 11.6. The van der Waals surface area contributed by atoms with Crippen molar-refractivity contribution in [3.8, 4) is 22.5 Å². The van der Waals surface area contributed by atoms with Crippen molar-refractivity contribution >= 4 is 44.3 Å². The van der Waals surface area contributed by atoms with Crippen LogP contribution in [0.1, 0.15) is 0 Å². The Kier molecular flexibility index (Phi) is 5.89. The van der Waals surface area contributed by atoms with Crippen molar-refractivity contribution in [2.24, 2.45) is 0 Å². The van der Waals surface area contributed by atoms with E-state index in [9.17, 15) is 13.0 Å². The Labute approximate surface area is 206 Å². The SMILES string of the molecule is Nc1ccc(-c2nc3ccc(Sc4ccc(S(=O)(=O)O)cc4)cc3nc2-c2ccc(N)cc2)cc1. The van der Waals surface area contributed by atoms with Crippen LogP contribution in [0.2, 0.25) is 0 Å². The predicted octanol–water partition coefficient (Wildman–Crippen LogP) is 5.53. The van der Waals surface area contributed by atoms with Gasteiger partial charge in [-0.1, -0.05) is 36.0 Å². The van der Waals surface area contributed by atoms with E-state index in [0.29, 0.717) is 11.4 Å². The number of nitrogen functional groups attached to an aromatic ring is 2. The summed E-state index contributed by atoms with van der Waals surface area (Å²) in [6.07, 6.45) is 0. The van der Waals surface area contributed by atoms with Gasteiger partial charge in [-0.15, -0.1) is 0 Å². The van der Waals surface area contributed by atoms with E-state index in [2.05, 4.69) is 0 Å². The summed E-state index contributed by atoms with van der Waals surface area (Å²) in [4.78, 5) is 11.5. The van der Waals surface area contributed by atoms with Crippen molar-refractivity contribution in [3.63, 3.8) is 0 Å². The van der Waals surface area contributed by atoms with E-state index < -0.39 is 10.1 Å². The average molecular weight is 501 g/mol. The first-order valence-corrected chi connectivity index (χ1v) is 12.8. The fourth-order valence-corrected chi connectivity index (χ4v) is 4.93. The third-order valence-electron chi connectivity index (χ3n) is 5.36. The van der Waals surface area contributed by atoms with Crippen LogP contribution in [-0.4, -0.2) is 22.9 Å². The molecule has 0 saturated heterocycles. The van der Waals surface area contributed by atoms with Crippen molar-refractivity contribution in [1.82, 2.24) is 9.97 Å². The van der Waals surface area contributed by atoms with E-state index in [-0.39, 0.29) is 4.90 Å². The van der Waals surface area contributed by atoms with Gasteiger partial charge in [0.15, 0.2) is 0 Å². The monoisotopic (exact) mass is 500 g/mol. The quantitative estimate of drug-likeness (QED) is 0.212. The number of rotatable bonds is 5. The first kappa shape index (κ1) is 22.9. The van der Waals surface area contributed by atoms with Crippen molar-refractivity contribution < 1.29 is 13.0 Å². The van der Waals surface area contributed by atoms with E-state index in [4.69, 9.17) is 21.4 Å². The van der Waals surface area contributed by atoms with Gasteiger partial charge in [0.1, 0.15) is 0 Å². The van der Waals surface area contributed by atoms with Crippen LogP contribution in [0.4, 0.5) is 11.4 Å². The van der Waals surface area contributed by atoms with E-state index in [1.807, 2.05) is 66.7 Å². The Morgan fingerprint density at radius 3 is 1.63 bits per heavy atom. The minimum Gasteiger partial charge on any atom is -0.399 e. The Morgan fingerprint density at radius 1 is 0.629 bits per heavy atom. The lowest BCUT2D eigenvalue weighted by Crippen LogP contribution is -1.97. The summed E-state index contributed by atoms with van der Waals surface area (Å²) in [7, 11) is -4.23. The van der Waals surface area contributed by atoms with E-state index in [1.165, 1.54) is 23.9 Å². The molecule has 0 spiro atoms. The molecule has 0 amide bonds. The lowest BCUT2D eigenvalue weighted by molar-refractivity contribution is 0.483. The number of fused-ring (bicyclic) bond motifs is 1. The van der Waals surface area contributed by atoms with Crippen LogP contribution < -0.4 is 11.5 Å². The molecule has 9 heteroatoms. The number of aromatic nitrogens is 2. The maximum atomic E-state index is 11.3. The average Bonchev–Trinajstić information content (AvgIpc) is 2.84. The van der Waals surface area contributed by atoms with Crippen molar-refractivity contribution in [3.05, 3.63) is 91.0 Å². The highest BCUT2D eigenvalue weighted by Crippen LogP contribution is 2.34. The van der Waals surface area contributed by atoms with E-state index in [0.717, 1.165) is 43.3 Å². The predicted molar refractivity (Wildman–Crippen MR) is 140 cm³/mol. The first-order valence-electron chi connectivity index (χ1n) is 10.6. The molecule has 0 unspecified atom stereocenters. The smallest absolute Gasteiger partial charge is 0.294 e. The third-order valence-corrected chi connectivity index (χ3v) is 7.23. The second-order valence-corrected chi connectivity index (χ2v) is 10.4. The molecule has 5 N–H and O–H groups in total. The largest absolute Gasteiger partial charge is 0.399 e. The molecule has 174 valence electrons. The molecule has 0 radical (unpaired) electrons. The zero-order valence-electron chi connectivity index (χ0n) is 18.3. The Balaban J connectivity index is 1.58. The number of nitrogens with two attached hydrogens (primary N) is 2. The molecule has 0 aliphatic carbocycles. The molecule has 5 aromatic rings. The van der Waals surface area contributed by atoms with Gasteiger partial charge in [-0.25, -0.2) is 9.97 Å². The van der Waals surface area contributed by atoms with Crippen LogP contribution in [0.5, 0.6) is 0 Å². The number of benzene rings is 4. The summed E-state index contributed by atoms with van der Waals surface area (Å²) in [6.45, 7) is 0. The first-order chi connectivity index (χ1) is 16.8. The second-order valence-electron chi connectivity index (χ2n) is 7.86. The molecule has 1 aromatic heterocycles. The summed E-state index contributed by atoms with van der Waals surface area (Å²) >= 11 is 1.45. The fourth-order valence-electron chi connectivity index (χ4n) is 3.60. The highest BCUT2D eigenvalue weighted by atomic mass is 32.2. The molecule has 1 heterocycles. The number of hydrogen-bond donors (Lipinski definition) is 3. The van der Waals surface area contributed by atoms with Crippen LogP contribution in [0, 0.1) is 0 Å². The van der Waals surface area contributed by atoms with Crippen molar-refractivity contribution in [1.29, 1.82) is 0 Å². The summed E-state index contributed by atoms with van der Waals surface area (Å²) < 4.78 is 31.7. The minimum atomic E-state index is -4.23. The summed E-state index contributed by atoms with van der Waals surface area (Å²) in [5, 5.41) is 0. The van der Waals surface area contributed by atoms with Gasteiger partial charge in [-0.3, -0.25) is 4.55 Å². The highest BCUT2D eigenvalue weighted by Gasteiger charge is 2.14. The maximum absolute atomic E-state index is 11.3. The number of nitrogens with zero attached hydrogens (tertiary/aromatic N) is 2. The van der Waals surface area contributed by atoms with Gasteiger partial charge in [0.05, 0.1) is 27.3 Å². The van der Waals surface area contributed by atoms with Gasteiger partial charge >= 0.3 is 0 Å². The maximum Gasteiger partial charge on any atom is 0.294 e. The van der Waals surface area contributed by atoms with Crippen LogP contribution >= 0.6 is 11.8 Å². The molecule has 0 aliphatic heterocycles. The van der Waals surface area contributed by atoms with Crippen LogP contribution in [0.3, 0.4) is 0 Å². The van der Waals surface area contributed by atoms with Gasteiger partial charge in [0, 0.05) is 32.3 Å². The lowest BCUT2D eigenvalue weighted by atomic mass is 10.0. The Hall–Kier alpha value is -3.92. The third kappa shape index (κ3) is 4.97. The number of hydrogen-bond acceptors (Lipinski definition) is 7. The van der Waals surface area contributed by atoms with Crippen LogP contribution in [-0.2, 0) is 10.1 Å². The molecule has 0 saturated carbocycles. The van der Waals surface area contributed by atoms with Gasteiger partial charge in [0.25, 0.3) is 10.1 Å². The zero-order valence-corrected chi connectivity index (χ0v) is 19.9. The summed E-state index contributed by atoms with van der Waals surface area (Å²) in [5.41, 5.74) is 17.8. The van der Waals surface area contributed by atoms with E-state index in [1.54, 1.807) is 12.1 Å². The zero-order chi connectivity index (χ0) is 24.6. The fraction of sp³-hybridized carbons (Fsp3) is 0. The van der Waals surface area contributed by atoms with Crippen molar-refractivity contribution in [2.75, 3.05) is 11.5 Å². The van der Waals surface area contributed by atoms with Gasteiger partial charge in [-0.2, -0.15) is 8.42 Å². The van der Waals surface area contributed by atoms with Gasteiger partial charge < -0.3 is 11.5 Å². The molecule has 0 bridgehead atoms. The topological polar surface area (TPSA) is 132 Å². The molecular weight excluding hydrogens is 480 g/mol. The molecule has 35 heavy (non-hydrogen) atoms. The highest BCUT2D eigenvalue weighted by molar-refractivity contribution is 7.99. The standard InChI is InChI=1S/C26H20N4O3S2/c27-18-5-1-16(2-6-18)25-26(17-3-7-19(28)8-4-17)30-24-15-21(11-14-23(24)29-25)34-20-9-12-22(13-10-20)35(31,32)33/h1-15H,27-28H2,(H,31,32,33). The van der Waals surface area contributed by atoms with Crippen LogP contribution in [0.25, 0.3) is 33.5 Å². The molecule has 0 atom stereocenters. The van der Waals surface area contributed by atoms with Crippen LogP contribution in [0.15, 0.2) is 106 Å². The lowest BCUT2D eigenvalue weighted by Gasteiger charge is -2.12. The van der Waals surface area contributed by atoms with Crippen molar-refractivity contribution in [2.45, 2.75) is 14.7 Å². The van der Waals surface area contributed by atoms with Gasteiger partial charge in [0.2, 0.25) is 0 Å². The molecule has 4 aromatic carbocycles. The molecule has 0 aliphatic rings. The number of anilines is 2.